The van der Waals surface area contributed by atoms with Crippen molar-refractivity contribution in [2.75, 3.05) is 44.2 Å². The summed E-state index contributed by atoms with van der Waals surface area (Å²) >= 11 is 6.22. The molecule has 3 aromatic rings. The summed E-state index contributed by atoms with van der Waals surface area (Å²) in [5.74, 6) is -0.435. The first-order chi connectivity index (χ1) is 16.3. The molecular formula is C23H29BrN4O3S3. The van der Waals surface area contributed by atoms with Gasteiger partial charge in [0.05, 0.1) is 16.1 Å². The third-order valence-electron chi connectivity index (χ3n) is 6.19. The predicted octanol–water partition coefficient (Wildman–Crippen LogP) is 4.90. The minimum absolute atomic E-state index is 0.0450. The lowest BCUT2D eigenvalue weighted by Crippen LogP contribution is -2.48. The van der Waals surface area contributed by atoms with Gasteiger partial charge in [0.1, 0.15) is 4.21 Å². The normalized spacial score (nSPS) is 17.5. The maximum Gasteiger partial charge on any atom is 0.252 e. The summed E-state index contributed by atoms with van der Waals surface area (Å²) in [6.45, 7) is 7.94. The molecule has 1 atom stereocenters. The molecule has 0 N–H and O–H groups in total. The van der Waals surface area contributed by atoms with Crippen molar-refractivity contribution in [3.05, 3.63) is 40.2 Å². The fourth-order valence-electron chi connectivity index (χ4n) is 4.20. The third-order valence-corrected chi connectivity index (χ3v) is 11.0. The van der Waals surface area contributed by atoms with Crippen LogP contribution >= 0.6 is 38.6 Å². The molecule has 0 radical (unpaired) electrons. The number of nitrogens with zero attached hydrogens (tertiary/aromatic N) is 4. The summed E-state index contributed by atoms with van der Waals surface area (Å²) in [4.78, 5) is 22.7. The average Bonchev–Trinajstić information content (AvgIpc) is 3.52. The van der Waals surface area contributed by atoms with E-state index in [0.29, 0.717) is 35.3 Å². The molecule has 1 amide bonds. The van der Waals surface area contributed by atoms with E-state index in [1.807, 2.05) is 18.2 Å². The number of anilines is 1. The third kappa shape index (κ3) is 5.55. The number of fused-ring (bicyclic) bond motifs is 1. The number of piperidine rings is 1. The summed E-state index contributed by atoms with van der Waals surface area (Å²) in [5.41, 5.74) is 0.856. The number of hydrogen-bond donors (Lipinski definition) is 0. The zero-order valence-electron chi connectivity index (χ0n) is 19.3. The number of carbonyl (C=O) groups excluding carboxylic acids is 1. The molecule has 1 saturated heterocycles. The zero-order valence-corrected chi connectivity index (χ0v) is 23.4. The Morgan fingerprint density at radius 2 is 2.03 bits per heavy atom. The van der Waals surface area contributed by atoms with Crippen LogP contribution < -0.4 is 4.90 Å². The topological polar surface area (TPSA) is 73.8 Å². The van der Waals surface area contributed by atoms with Crippen LogP contribution in [0.15, 0.2) is 44.4 Å². The van der Waals surface area contributed by atoms with Crippen LogP contribution in [0.3, 0.4) is 0 Å². The van der Waals surface area contributed by atoms with Crippen LogP contribution in [-0.4, -0.2) is 67.8 Å². The lowest BCUT2D eigenvalue weighted by Gasteiger charge is -2.34. The Kier molecular flexibility index (Phi) is 8.42. The van der Waals surface area contributed by atoms with Gasteiger partial charge >= 0.3 is 0 Å². The van der Waals surface area contributed by atoms with Gasteiger partial charge in [-0.25, -0.2) is 13.4 Å². The number of likely N-dealkylation sites (N-methyl/N-ethyl adjacent to an activating group) is 1. The van der Waals surface area contributed by atoms with Crippen LogP contribution in [0.25, 0.3) is 10.2 Å². The largest absolute Gasteiger partial charge is 0.302 e. The molecule has 11 heteroatoms. The molecule has 0 spiro atoms. The standard InChI is InChI=1S/C23H29BrN4O3S3/c1-3-26(4-2)12-13-28(23-25-19-10-9-18(24)15-20(19)33-23)22(29)17-7-5-11-27(16-17)34(30,31)21-8-6-14-32-21/h6,8-10,14-15,17H,3-5,7,11-13,16H2,1-2H3. The highest BCUT2D eigenvalue weighted by Crippen LogP contribution is 2.33. The SMILES string of the molecule is CCN(CC)CCN(C(=O)C1CCCN(S(=O)(=O)c2cccs2)C1)c1nc2ccc(Br)cc2s1. The van der Waals surface area contributed by atoms with E-state index in [1.165, 1.54) is 27.0 Å². The van der Waals surface area contributed by atoms with E-state index in [9.17, 15) is 13.2 Å². The number of thiazole rings is 1. The summed E-state index contributed by atoms with van der Waals surface area (Å²) in [5, 5.41) is 2.43. The molecule has 1 aliphatic rings. The fraction of sp³-hybridized carbons (Fsp3) is 0.478. The van der Waals surface area contributed by atoms with Crippen molar-refractivity contribution in [2.24, 2.45) is 5.92 Å². The molecule has 4 rings (SSSR count). The maximum atomic E-state index is 13.8. The summed E-state index contributed by atoms with van der Waals surface area (Å²) in [6.07, 6.45) is 1.34. The molecule has 1 unspecified atom stereocenters. The second-order valence-corrected chi connectivity index (χ2v) is 13.3. The Balaban J connectivity index is 1.60. The summed E-state index contributed by atoms with van der Waals surface area (Å²) in [6, 6.07) is 9.27. The molecular weight excluding hydrogens is 556 g/mol. The van der Waals surface area contributed by atoms with Gasteiger partial charge in [0.2, 0.25) is 5.91 Å². The molecule has 0 bridgehead atoms. The number of halogens is 1. The molecule has 2 aromatic heterocycles. The van der Waals surface area contributed by atoms with Crippen LogP contribution in [0, 0.1) is 5.92 Å². The highest BCUT2D eigenvalue weighted by atomic mass is 79.9. The van der Waals surface area contributed by atoms with E-state index < -0.39 is 10.0 Å². The summed E-state index contributed by atoms with van der Waals surface area (Å²) < 4.78 is 30.0. The van der Waals surface area contributed by atoms with E-state index in [1.54, 1.807) is 22.4 Å². The van der Waals surface area contributed by atoms with Gasteiger partial charge in [0.15, 0.2) is 5.13 Å². The van der Waals surface area contributed by atoms with Gasteiger partial charge in [-0.05, 0) is 55.6 Å². The Morgan fingerprint density at radius 3 is 2.74 bits per heavy atom. The van der Waals surface area contributed by atoms with Crippen molar-refractivity contribution >= 4 is 69.9 Å². The first-order valence-electron chi connectivity index (χ1n) is 11.5. The number of sulfonamides is 1. The van der Waals surface area contributed by atoms with Crippen LogP contribution in [0.5, 0.6) is 0 Å². The number of benzene rings is 1. The van der Waals surface area contributed by atoms with E-state index in [2.05, 4.69) is 34.7 Å². The van der Waals surface area contributed by atoms with Crippen LogP contribution in [0.1, 0.15) is 26.7 Å². The summed E-state index contributed by atoms with van der Waals surface area (Å²) in [7, 11) is -3.58. The number of hydrogen-bond acceptors (Lipinski definition) is 7. The molecule has 0 aliphatic carbocycles. The van der Waals surface area contributed by atoms with Crippen LogP contribution in [-0.2, 0) is 14.8 Å². The molecule has 184 valence electrons. The maximum absolute atomic E-state index is 13.8. The van der Waals surface area contributed by atoms with E-state index in [0.717, 1.165) is 34.3 Å². The fourth-order valence-corrected chi connectivity index (χ4v) is 8.42. The first-order valence-corrected chi connectivity index (χ1v) is 15.4. The van der Waals surface area contributed by atoms with E-state index in [4.69, 9.17) is 4.98 Å². The van der Waals surface area contributed by atoms with Gasteiger partial charge < -0.3 is 4.90 Å². The van der Waals surface area contributed by atoms with Crippen LogP contribution in [0.2, 0.25) is 0 Å². The monoisotopic (exact) mass is 584 g/mol. The Morgan fingerprint density at radius 1 is 1.24 bits per heavy atom. The van der Waals surface area contributed by atoms with Crippen LogP contribution in [0.4, 0.5) is 5.13 Å². The van der Waals surface area contributed by atoms with Gasteiger partial charge in [-0.15, -0.1) is 11.3 Å². The van der Waals surface area contributed by atoms with Crippen molar-refractivity contribution < 1.29 is 13.2 Å². The number of thiophene rings is 1. The zero-order chi connectivity index (χ0) is 24.3. The molecule has 0 saturated carbocycles. The van der Waals surface area contributed by atoms with Gasteiger partial charge in [0.25, 0.3) is 10.0 Å². The first kappa shape index (κ1) is 25.7. The van der Waals surface area contributed by atoms with Gasteiger partial charge in [0, 0.05) is 30.7 Å². The van der Waals surface area contributed by atoms with E-state index in [-0.39, 0.29) is 18.4 Å². The van der Waals surface area contributed by atoms with E-state index >= 15 is 0 Å². The number of rotatable bonds is 9. The lowest BCUT2D eigenvalue weighted by molar-refractivity contribution is -0.123. The van der Waals surface area contributed by atoms with Crippen molar-refractivity contribution in [1.29, 1.82) is 0 Å². The van der Waals surface area contributed by atoms with Crippen molar-refractivity contribution in [3.8, 4) is 0 Å². The lowest BCUT2D eigenvalue weighted by atomic mass is 9.98. The Hall–Kier alpha value is -1.37. The van der Waals surface area contributed by atoms with Gasteiger partial charge in [-0.2, -0.15) is 4.31 Å². The second-order valence-electron chi connectivity index (χ2n) is 8.26. The molecule has 1 aliphatic heterocycles. The van der Waals surface area contributed by atoms with Gasteiger partial charge in [-0.3, -0.25) is 9.69 Å². The quantitative estimate of drug-likeness (QED) is 0.358. The number of aromatic nitrogens is 1. The predicted molar refractivity (Wildman–Crippen MR) is 143 cm³/mol. The highest BCUT2D eigenvalue weighted by molar-refractivity contribution is 9.10. The van der Waals surface area contributed by atoms with Crippen molar-refractivity contribution in [1.82, 2.24) is 14.2 Å². The molecule has 3 heterocycles. The Bertz CT molecular complexity index is 1230. The second kappa shape index (κ2) is 11.1. The highest BCUT2D eigenvalue weighted by Gasteiger charge is 2.36. The minimum Gasteiger partial charge on any atom is -0.302 e. The number of carbonyl (C=O) groups is 1. The minimum atomic E-state index is -3.58. The molecule has 1 fully saturated rings. The van der Waals surface area contributed by atoms with Gasteiger partial charge in [-0.1, -0.05) is 47.2 Å². The number of amides is 1. The molecule has 7 nitrogen and oxygen atoms in total. The van der Waals surface area contributed by atoms with Crippen molar-refractivity contribution in [2.45, 2.75) is 30.9 Å². The smallest absolute Gasteiger partial charge is 0.252 e. The average molecular weight is 586 g/mol. The Labute approximate surface area is 217 Å². The molecule has 34 heavy (non-hydrogen) atoms. The molecule has 1 aromatic carbocycles. The van der Waals surface area contributed by atoms with Crippen molar-refractivity contribution in [3.63, 3.8) is 0 Å².